The molecule has 1 N–H and O–H groups in total. The Bertz CT molecular complexity index is 1230. The van der Waals surface area contributed by atoms with Crippen molar-refractivity contribution in [3.8, 4) is 5.75 Å². The van der Waals surface area contributed by atoms with Crippen molar-refractivity contribution in [2.75, 3.05) is 17.5 Å². The summed E-state index contributed by atoms with van der Waals surface area (Å²) in [5.74, 6) is 0.0105. The molecule has 0 radical (unpaired) electrons. The van der Waals surface area contributed by atoms with Gasteiger partial charge < -0.3 is 10.1 Å². The van der Waals surface area contributed by atoms with Crippen molar-refractivity contribution in [3.05, 3.63) is 89.5 Å². The number of carbonyl (C=O) groups is 1. The fourth-order valence-corrected chi connectivity index (χ4v) is 5.40. The Hall–Kier alpha value is -3.32. The minimum absolute atomic E-state index is 0.107. The summed E-state index contributed by atoms with van der Waals surface area (Å²) in [6.45, 7) is 7.86. The molecule has 0 saturated carbocycles. The third-order valence-electron chi connectivity index (χ3n) is 5.60. The van der Waals surface area contributed by atoms with E-state index in [1.54, 1.807) is 42.5 Å². The largest absolute Gasteiger partial charge is 0.492 e. The normalized spacial score (nSPS) is 12.1. The summed E-state index contributed by atoms with van der Waals surface area (Å²) in [6.07, 6.45) is 0.677. The number of sulfonamides is 1. The number of rotatable bonds is 10. The van der Waals surface area contributed by atoms with Gasteiger partial charge in [0, 0.05) is 0 Å². The SMILES string of the molecule is CCOc1ccccc1N(CC(=O)NC(CC)c1ccc(C)cc1C)S(=O)(=O)c1ccccc1. The fraction of sp³-hybridized carbons (Fsp3) is 0.296. The Labute approximate surface area is 202 Å². The van der Waals surface area contributed by atoms with Crippen LogP contribution >= 0.6 is 0 Å². The molecular weight excluding hydrogens is 448 g/mol. The maximum absolute atomic E-state index is 13.6. The number of ether oxygens (including phenoxy) is 1. The summed E-state index contributed by atoms with van der Waals surface area (Å²) in [5, 5.41) is 3.03. The highest BCUT2D eigenvalue weighted by Gasteiger charge is 2.30. The van der Waals surface area contributed by atoms with E-state index in [1.165, 1.54) is 12.1 Å². The number of para-hydroxylation sites is 2. The van der Waals surface area contributed by atoms with Crippen molar-refractivity contribution in [1.82, 2.24) is 5.32 Å². The summed E-state index contributed by atoms with van der Waals surface area (Å²) >= 11 is 0. The van der Waals surface area contributed by atoms with Gasteiger partial charge in [0.1, 0.15) is 12.3 Å². The van der Waals surface area contributed by atoms with Crippen LogP contribution < -0.4 is 14.4 Å². The Morgan fingerprint density at radius 3 is 2.29 bits per heavy atom. The summed E-state index contributed by atoms with van der Waals surface area (Å²) in [4.78, 5) is 13.3. The minimum Gasteiger partial charge on any atom is -0.492 e. The van der Waals surface area contributed by atoms with Gasteiger partial charge in [-0.15, -0.1) is 0 Å². The zero-order chi connectivity index (χ0) is 24.7. The van der Waals surface area contributed by atoms with E-state index in [0.29, 0.717) is 24.5 Å². The van der Waals surface area contributed by atoms with Gasteiger partial charge in [-0.05, 0) is 62.6 Å². The van der Waals surface area contributed by atoms with Gasteiger partial charge >= 0.3 is 0 Å². The highest BCUT2D eigenvalue weighted by atomic mass is 32.2. The molecule has 0 spiro atoms. The summed E-state index contributed by atoms with van der Waals surface area (Å²) in [6, 6.07) is 20.9. The van der Waals surface area contributed by atoms with E-state index in [4.69, 9.17) is 4.74 Å². The van der Waals surface area contributed by atoms with E-state index in [2.05, 4.69) is 11.4 Å². The van der Waals surface area contributed by atoms with Crippen LogP contribution in [-0.4, -0.2) is 27.5 Å². The van der Waals surface area contributed by atoms with Gasteiger partial charge in [-0.3, -0.25) is 9.10 Å². The Morgan fingerprint density at radius 2 is 1.65 bits per heavy atom. The molecule has 0 heterocycles. The van der Waals surface area contributed by atoms with Crippen LogP contribution in [0.4, 0.5) is 5.69 Å². The van der Waals surface area contributed by atoms with Gasteiger partial charge in [-0.1, -0.05) is 61.0 Å². The minimum atomic E-state index is -4.02. The lowest BCUT2D eigenvalue weighted by molar-refractivity contribution is -0.120. The molecule has 1 amide bonds. The molecule has 0 aliphatic heterocycles. The maximum atomic E-state index is 13.6. The number of anilines is 1. The second-order valence-corrected chi connectivity index (χ2v) is 9.98. The zero-order valence-electron chi connectivity index (χ0n) is 20.1. The van der Waals surface area contributed by atoms with Crippen LogP contribution in [0, 0.1) is 13.8 Å². The van der Waals surface area contributed by atoms with Crippen LogP contribution in [0.1, 0.15) is 43.0 Å². The van der Waals surface area contributed by atoms with Crippen LogP contribution in [0.5, 0.6) is 5.75 Å². The molecule has 0 saturated heterocycles. The number of carbonyl (C=O) groups excluding carboxylic acids is 1. The van der Waals surface area contributed by atoms with Crippen LogP contribution in [0.15, 0.2) is 77.7 Å². The molecule has 1 atom stereocenters. The molecule has 0 aliphatic rings. The lowest BCUT2D eigenvalue weighted by Crippen LogP contribution is -2.42. The molecule has 0 fully saturated rings. The van der Waals surface area contributed by atoms with Crippen LogP contribution in [0.25, 0.3) is 0 Å². The molecule has 0 bridgehead atoms. The monoisotopic (exact) mass is 480 g/mol. The molecule has 0 aromatic heterocycles. The van der Waals surface area contributed by atoms with Crippen LogP contribution in [0.2, 0.25) is 0 Å². The smallest absolute Gasteiger partial charge is 0.264 e. The average molecular weight is 481 g/mol. The van der Waals surface area contributed by atoms with E-state index in [0.717, 1.165) is 21.0 Å². The summed E-state index contributed by atoms with van der Waals surface area (Å²) in [5.41, 5.74) is 3.58. The number of nitrogens with zero attached hydrogens (tertiary/aromatic N) is 1. The number of hydrogen-bond acceptors (Lipinski definition) is 4. The Balaban J connectivity index is 1.96. The molecule has 3 rings (SSSR count). The maximum Gasteiger partial charge on any atom is 0.264 e. The van der Waals surface area contributed by atoms with Crippen molar-refractivity contribution in [2.24, 2.45) is 0 Å². The quantitative estimate of drug-likeness (QED) is 0.435. The second-order valence-electron chi connectivity index (χ2n) is 8.11. The molecular formula is C27H32N2O4S. The van der Waals surface area contributed by atoms with Gasteiger partial charge in [0.05, 0.1) is 23.2 Å². The van der Waals surface area contributed by atoms with Gasteiger partial charge in [0.2, 0.25) is 5.91 Å². The van der Waals surface area contributed by atoms with Crippen LogP contribution in [-0.2, 0) is 14.8 Å². The topological polar surface area (TPSA) is 75.7 Å². The number of benzene rings is 3. The Morgan fingerprint density at radius 1 is 0.971 bits per heavy atom. The third-order valence-corrected chi connectivity index (χ3v) is 7.37. The highest BCUT2D eigenvalue weighted by Crippen LogP contribution is 2.32. The van der Waals surface area contributed by atoms with Gasteiger partial charge in [0.25, 0.3) is 10.0 Å². The molecule has 6 nitrogen and oxygen atoms in total. The number of aryl methyl sites for hydroxylation is 2. The molecule has 0 aliphatic carbocycles. The molecule has 180 valence electrons. The van der Waals surface area contributed by atoms with Crippen molar-refractivity contribution in [2.45, 2.75) is 45.1 Å². The predicted molar refractivity (Wildman–Crippen MR) is 136 cm³/mol. The fourth-order valence-electron chi connectivity index (χ4n) is 3.95. The van der Waals surface area contributed by atoms with Crippen molar-refractivity contribution in [1.29, 1.82) is 0 Å². The Kier molecular flexibility index (Phi) is 8.34. The van der Waals surface area contributed by atoms with Gasteiger partial charge in [-0.2, -0.15) is 0 Å². The van der Waals surface area contributed by atoms with Crippen molar-refractivity contribution < 1.29 is 17.9 Å². The van der Waals surface area contributed by atoms with Gasteiger partial charge in [-0.25, -0.2) is 8.42 Å². The van der Waals surface area contributed by atoms with E-state index in [1.807, 2.05) is 39.8 Å². The lowest BCUT2D eigenvalue weighted by atomic mass is 9.97. The predicted octanol–water partition coefficient (Wildman–Crippen LogP) is 5.16. The molecule has 3 aromatic carbocycles. The summed E-state index contributed by atoms with van der Waals surface area (Å²) in [7, 11) is -4.02. The van der Waals surface area contributed by atoms with Crippen LogP contribution in [0.3, 0.4) is 0 Å². The number of nitrogens with one attached hydrogen (secondary N) is 1. The highest BCUT2D eigenvalue weighted by molar-refractivity contribution is 7.92. The molecule has 7 heteroatoms. The first-order valence-electron chi connectivity index (χ1n) is 11.4. The molecule has 34 heavy (non-hydrogen) atoms. The van der Waals surface area contributed by atoms with E-state index >= 15 is 0 Å². The summed E-state index contributed by atoms with van der Waals surface area (Å²) < 4.78 is 34.1. The first-order valence-corrected chi connectivity index (χ1v) is 12.9. The van der Waals surface area contributed by atoms with Crippen molar-refractivity contribution in [3.63, 3.8) is 0 Å². The van der Waals surface area contributed by atoms with E-state index < -0.39 is 15.9 Å². The van der Waals surface area contributed by atoms with E-state index in [9.17, 15) is 13.2 Å². The zero-order valence-corrected chi connectivity index (χ0v) is 20.9. The standard InChI is InChI=1S/C27H32N2O4S/c1-5-24(23-17-16-20(3)18-21(23)4)28-27(30)19-29(25-14-10-11-15-26(25)33-6-2)34(31,32)22-12-8-7-9-13-22/h7-18,24H,5-6,19H2,1-4H3,(H,28,30). The van der Waals surface area contributed by atoms with Crippen molar-refractivity contribution >= 4 is 21.6 Å². The molecule has 1 unspecified atom stereocenters. The number of hydrogen-bond donors (Lipinski definition) is 1. The second kappa shape index (κ2) is 11.2. The third kappa shape index (κ3) is 5.78. The average Bonchev–Trinajstić information content (AvgIpc) is 2.82. The number of amides is 1. The first-order chi connectivity index (χ1) is 16.3. The van der Waals surface area contributed by atoms with E-state index in [-0.39, 0.29) is 17.5 Å². The lowest BCUT2D eigenvalue weighted by Gasteiger charge is -2.27. The first kappa shape index (κ1) is 25.3. The van der Waals surface area contributed by atoms with Gasteiger partial charge in [0.15, 0.2) is 0 Å². The molecule has 3 aromatic rings.